The number of nitriles is 1. The van der Waals surface area contributed by atoms with Crippen LogP contribution < -0.4 is 0 Å². The molecule has 0 fully saturated rings. The summed E-state index contributed by atoms with van der Waals surface area (Å²) in [6, 6.07) is 12.1. The molecule has 2 aromatic heterocycles. The van der Waals surface area contributed by atoms with Crippen LogP contribution in [0.4, 0.5) is 0 Å². The van der Waals surface area contributed by atoms with Crippen LogP contribution >= 0.6 is 0 Å². The molecule has 1 aromatic carbocycles. The van der Waals surface area contributed by atoms with Gasteiger partial charge in [-0.25, -0.2) is 9.50 Å². The molecule has 22 heavy (non-hydrogen) atoms. The molecule has 0 amide bonds. The lowest BCUT2D eigenvalue weighted by atomic mass is 10.1. The summed E-state index contributed by atoms with van der Waals surface area (Å²) < 4.78 is 1.71. The minimum atomic E-state index is 0.494. The summed E-state index contributed by atoms with van der Waals surface area (Å²) in [5, 5.41) is 13.7. The van der Waals surface area contributed by atoms with Crippen LogP contribution in [0.5, 0.6) is 0 Å². The van der Waals surface area contributed by atoms with Crippen LogP contribution in [0.1, 0.15) is 11.3 Å². The minimum absolute atomic E-state index is 0.494. The quantitative estimate of drug-likeness (QED) is 0.744. The molecule has 0 spiro atoms. The Kier molecular flexibility index (Phi) is 3.58. The standard InChI is InChI=1S/C17H15N5/c1-21(2)9-8-16-14(10-18)11-19-17-15(12-20-22(16)17)13-6-4-3-5-7-13/h3-9,11-12H,1-2H3/b9-8+. The number of hydrogen-bond donors (Lipinski definition) is 0. The van der Waals surface area contributed by atoms with E-state index in [1.807, 2.05) is 61.6 Å². The molecule has 0 bridgehead atoms. The first-order chi connectivity index (χ1) is 10.7. The van der Waals surface area contributed by atoms with Gasteiger partial charge in [-0.1, -0.05) is 30.3 Å². The Balaban J connectivity index is 2.22. The topological polar surface area (TPSA) is 57.2 Å². The van der Waals surface area contributed by atoms with E-state index in [2.05, 4.69) is 16.2 Å². The summed E-state index contributed by atoms with van der Waals surface area (Å²) in [7, 11) is 3.86. The second-order valence-electron chi connectivity index (χ2n) is 5.11. The first-order valence-electron chi connectivity index (χ1n) is 6.87. The van der Waals surface area contributed by atoms with E-state index >= 15 is 0 Å². The third kappa shape index (κ3) is 2.42. The Hall–Kier alpha value is -3.13. The van der Waals surface area contributed by atoms with Crippen molar-refractivity contribution in [2.24, 2.45) is 0 Å². The van der Waals surface area contributed by atoms with E-state index in [4.69, 9.17) is 0 Å². The molecule has 0 aliphatic rings. The third-order valence-corrected chi connectivity index (χ3v) is 3.30. The zero-order valence-corrected chi connectivity index (χ0v) is 12.4. The Morgan fingerprint density at radius 1 is 1.18 bits per heavy atom. The Labute approximate surface area is 128 Å². The highest BCUT2D eigenvalue weighted by Gasteiger charge is 2.12. The van der Waals surface area contributed by atoms with Crippen LogP contribution in [-0.2, 0) is 0 Å². The SMILES string of the molecule is CN(C)/C=C/c1c(C#N)cnc2c(-c3ccccc3)cnn12. The van der Waals surface area contributed by atoms with Gasteiger partial charge in [-0.3, -0.25) is 0 Å². The van der Waals surface area contributed by atoms with Crippen LogP contribution in [0.3, 0.4) is 0 Å². The fourth-order valence-corrected chi connectivity index (χ4v) is 2.24. The molecule has 0 aliphatic carbocycles. The lowest BCUT2D eigenvalue weighted by molar-refractivity contribution is 0.567. The summed E-state index contributed by atoms with van der Waals surface area (Å²) >= 11 is 0. The fourth-order valence-electron chi connectivity index (χ4n) is 2.24. The summed E-state index contributed by atoms with van der Waals surface area (Å²) in [6.45, 7) is 0. The average molecular weight is 289 g/mol. The van der Waals surface area contributed by atoms with E-state index in [9.17, 15) is 5.26 Å². The Morgan fingerprint density at radius 3 is 2.64 bits per heavy atom. The van der Waals surface area contributed by atoms with Gasteiger partial charge < -0.3 is 4.90 Å². The molecule has 5 heteroatoms. The van der Waals surface area contributed by atoms with Gasteiger partial charge in [0.25, 0.3) is 0 Å². The van der Waals surface area contributed by atoms with Gasteiger partial charge in [0.15, 0.2) is 5.65 Å². The van der Waals surface area contributed by atoms with E-state index in [0.29, 0.717) is 5.56 Å². The molecule has 0 atom stereocenters. The molecule has 3 aromatic rings. The Bertz CT molecular complexity index is 869. The molecule has 5 nitrogen and oxygen atoms in total. The molecule has 2 heterocycles. The smallest absolute Gasteiger partial charge is 0.163 e. The van der Waals surface area contributed by atoms with Crippen molar-refractivity contribution in [3.8, 4) is 17.2 Å². The van der Waals surface area contributed by atoms with Gasteiger partial charge >= 0.3 is 0 Å². The number of nitrogens with zero attached hydrogens (tertiary/aromatic N) is 5. The number of benzene rings is 1. The van der Waals surface area contributed by atoms with Gasteiger partial charge in [0.05, 0.1) is 17.5 Å². The Morgan fingerprint density at radius 2 is 1.95 bits per heavy atom. The average Bonchev–Trinajstić information content (AvgIpc) is 2.97. The second kappa shape index (κ2) is 5.70. The van der Waals surface area contributed by atoms with Crippen molar-refractivity contribution < 1.29 is 0 Å². The molecule has 108 valence electrons. The summed E-state index contributed by atoms with van der Waals surface area (Å²) in [4.78, 5) is 6.32. The zero-order chi connectivity index (χ0) is 15.5. The van der Waals surface area contributed by atoms with Crippen molar-refractivity contribution in [1.29, 1.82) is 5.26 Å². The van der Waals surface area contributed by atoms with Crippen molar-refractivity contribution in [1.82, 2.24) is 19.5 Å². The van der Waals surface area contributed by atoms with Crippen LogP contribution in [0, 0.1) is 11.3 Å². The van der Waals surface area contributed by atoms with Gasteiger partial charge in [-0.05, 0) is 11.6 Å². The second-order valence-corrected chi connectivity index (χ2v) is 5.11. The van der Waals surface area contributed by atoms with Crippen LogP contribution in [-0.4, -0.2) is 33.6 Å². The molecule has 0 saturated heterocycles. The first kappa shape index (κ1) is 13.8. The molecule has 0 N–H and O–H groups in total. The van der Waals surface area contributed by atoms with Crippen LogP contribution in [0.25, 0.3) is 22.9 Å². The predicted molar refractivity (Wildman–Crippen MR) is 85.9 cm³/mol. The molecule has 3 rings (SSSR count). The van der Waals surface area contributed by atoms with E-state index in [0.717, 1.165) is 22.5 Å². The first-order valence-corrected chi connectivity index (χ1v) is 6.87. The van der Waals surface area contributed by atoms with Gasteiger partial charge in [-0.2, -0.15) is 10.4 Å². The van der Waals surface area contributed by atoms with E-state index in [-0.39, 0.29) is 0 Å². The number of rotatable bonds is 3. The molecule has 0 unspecified atom stereocenters. The molecule has 0 saturated carbocycles. The van der Waals surface area contributed by atoms with E-state index in [1.54, 1.807) is 16.9 Å². The fraction of sp³-hybridized carbons (Fsp3) is 0.118. The molecular weight excluding hydrogens is 274 g/mol. The molecular formula is C17H15N5. The number of aromatic nitrogens is 3. The number of hydrogen-bond acceptors (Lipinski definition) is 4. The van der Waals surface area contributed by atoms with Crippen molar-refractivity contribution in [2.45, 2.75) is 0 Å². The van der Waals surface area contributed by atoms with Crippen molar-refractivity contribution in [3.63, 3.8) is 0 Å². The van der Waals surface area contributed by atoms with Gasteiger partial charge in [-0.15, -0.1) is 0 Å². The van der Waals surface area contributed by atoms with Crippen molar-refractivity contribution in [3.05, 3.63) is 60.2 Å². The highest BCUT2D eigenvalue weighted by Crippen LogP contribution is 2.24. The minimum Gasteiger partial charge on any atom is -0.383 e. The summed E-state index contributed by atoms with van der Waals surface area (Å²) in [6.07, 6.45) is 7.14. The largest absolute Gasteiger partial charge is 0.383 e. The van der Waals surface area contributed by atoms with Gasteiger partial charge in [0.1, 0.15) is 6.07 Å². The maximum absolute atomic E-state index is 9.29. The highest BCUT2D eigenvalue weighted by molar-refractivity contribution is 5.78. The predicted octanol–water partition coefficient (Wildman–Crippen LogP) is 2.80. The lowest BCUT2D eigenvalue weighted by Crippen LogP contribution is -2.03. The maximum atomic E-state index is 9.29. The van der Waals surface area contributed by atoms with Crippen LogP contribution in [0.15, 0.2) is 48.9 Å². The van der Waals surface area contributed by atoms with Gasteiger partial charge in [0.2, 0.25) is 0 Å². The van der Waals surface area contributed by atoms with E-state index in [1.165, 1.54) is 0 Å². The van der Waals surface area contributed by atoms with E-state index < -0.39 is 0 Å². The summed E-state index contributed by atoms with van der Waals surface area (Å²) in [5.74, 6) is 0. The van der Waals surface area contributed by atoms with Crippen LogP contribution in [0.2, 0.25) is 0 Å². The summed E-state index contributed by atoms with van der Waals surface area (Å²) in [5.41, 5.74) is 3.96. The third-order valence-electron chi connectivity index (χ3n) is 3.30. The molecule has 0 radical (unpaired) electrons. The lowest BCUT2D eigenvalue weighted by Gasteiger charge is -2.06. The van der Waals surface area contributed by atoms with Gasteiger partial charge in [0, 0.05) is 32.1 Å². The van der Waals surface area contributed by atoms with Crippen molar-refractivity contribution in [2.75, 3.05) is 14.1 Å². The zero-order valence-electron chi connectivity index (χ0n) is 12.4. The normalized spacial score (nSPS) is 11.0. The maximum Gasteiger partial charge on any atom is 0.163 e. The molecule has 0 aliphatic heterocycles. The monoisotopic (exact) mass is 289 g/mol. The number of fused-ring (bicyclic) bond motifs is 1. The van der Waals surface area contributed by atoms with Crippen molar-refractivity contribution >= 4 is 11.7 Å². The highest BCUT2D eigenvalue weighted by atomic mass is 15.3.